The van der Waals surface area contributed by atoms with Gasteiger partial charge in [-0.15, -0.1) is 0 Å². The highest BCUT2D eigenvalue weighted by Gasteiger charge is 2.21. The molecule has 1 fully saturated rings. The average molecular weight is 410 g/mol. The van der Waals surface area contributed by atoms with E-state index in [-0.39, 0.29) is 17.3 Å². The van der Waals surface area contributed by atoms with E-state index in [1.54, 1.807) is 6.07 Å². The number of hydrogen-bond donors (Lipinski definition) is 1. The fourth-order valence-electron chi connectivity index (χ4n) is 3.11. The van der Waals surface area contributed by atoms with Gasteiger partial charge < -0.3 is 15.0 Å². The summed E-state index contributed by atoms with van der Waals surface area (Å²) < 4.78 is 52.4. The average Bonchev–Trinajstić information content (AvgIpc) is 2.65. The van der Waals surface area contributed by atoms with Crippen LogP contribution in [-0.4, -0.2) is 62.6 Å². The minimum atomic E-state index is -2.94. The molecular formula is C18H20F2N4O3S. The molecule has 1 aromatic heterocycles. The molecule has 1 N–H and O–H groups in total. The fraction of sp³-hybridized carbons (Fsp3) is 0.444. The smallest absolute Gasteiger partial charge is 0.387 e. The molecule has 7 nitrogen and oxygen atoms in total. The molecule has 1 aliphatic rings. The van der Waals surface area contributed by atoms with Crippen molar-refractivity contribution >= 4 is 26.4 Å². The predicted molar refractivity (Wildman–Crippen MR) is 101 cm³/mol. The summed E-state index contributed by atoms with van der Waals surface area (Å²) in [7, 11) is -2.90. The monoisotopic (exact) mass is 410 g/mol. The number of nitriles is 1. The van der Waals surface area contributed by atoms with Crippen LogP contribution < -0.4 is 10.1 Å². The normalized spacial score (nSPS) is 16.8. The molecule has 0 bridgehead atoms. The summed E-state index contributed by atoms with van der Waals surface area (Å²) in [6.45, 7) is -0.616. The van der Waals surface area contributed by atoms with Gasteiger partial charge in [0.1, 0.15) is 11.8 Å². The van der Waals surface area contributed by atoms with E-state index in [1.165, 1.54) is 18.3 Å². The van der Waals surface area contributed by atoms with Crippen molar-refractivity contribution in [1.82, 2.24) is 9.88 Å². The van der Waals surface area contributed by atoms with Crippen LogP contribution in [0.25, 0.3) is 10.9 Å². The van der Waals surface area contributed by atoms with Gasteiger partial charge >= 0.3 is 6.61 Å². The van der Waals surface area contributed by atoms with Crippen LogP contribution in [0, 0.1) is 11.3 Å². The minimum Gasteiger partial charge on any atom is -0.435 e. The summed E-state index contributed by atoms with van der Waals surface area (Å²) in [6, 6.07) is 6.46. The first-order chi connectivity index (χ1) is 13.4. The second-order valence-corrected chi connectivity index (χ2v) is 8.79. The van der Waals surface area contributed by atoms with E-state index in [0.717, 1.165) is 13.0 Å². The Morgan fingerprint density at radius 3 is 2.75 bits per heavy atom. The molecule has 0 atom stereocenters. The third-order valence-electron chi connectivity index (χ3n) is 4.57. The SMILES string of the molecule is N#Cc1cnc2ccc(OC(F)F)cc2c1NCCCN1CCS(=O)(=O)CC1. The summed E-state index contributed by atoms with van der Waals surface area (Å²) >= 11 is 0. The first-order valence-corrected chi connectivity index (χ1v) is 10.6. The molecule has 0 amide bonds. The van der Waals surface area contributed by atoms with Gasteiger partial charge in [-0.3, -0.25) is 4.98 Å². The maximum atomic E-state index is 12.5. The zero-order valence-corrected chi connectivity index (χ0v) is 15.9. The molecule has 0 saturated carbocycles. The molecule has 0 unspecified atom stereocenters. The van der Waals surface area contributed by atoms with Gasteiger partial charge in [0.05, 0.1) is 28.3 Å². The summed E-state index contributed by atoms with van der Waals surface area (Å²) in [6.07, 6.45) is 2.18. The molecule has 3 rings (SSSR count). The molecule has 1 saturated heterocycles. The van der Waals surface area contributed by atoms with Crippen LogP contribution in [0.1, 0.15) is 12.0 Å². The highest BCUT2D eigenvalue weighted by atomic mass is 32.2. The molecule has 2 heterocycles. The third kappa shape index (κ3) is 5.05. The Morgan fingerprint density at radius 1 is 1.32 bits per heavy atom. The maximum absolute atomic E-state index is 12.5. The van der Waals surface area contributed by atoms with Gasteiger partial charge in [0, 0.05) is 31.2 Å². The molecular weight excluding hydrogens is 390 g/mol. The molecule has 0 aliphatic carbocycles. The van der Waals surface area contributed by atoms with Gasteiger partial charge in [0.2, 0.25) is 0 Å². The molecule has 150 valence electrons. The molecule has 0 spiro atoms. The Bertz CT molecular complexity index is 978. The number of pyridine rings is 1. The summed E-state index contributed by atoms with van der Waals surface area (Å²) in [5, 5.41) is 13.1. The first kappa shape index (κ1) is 20.2. The lowest BCUT2D eigenvalue weighted by atomic mass is 10.1. The largest absolute Gasteiger partial charge is 0.435 e. The maximum Gasteiger partial charge on any atom is 0.387 e. The summed E-state index contributed by atoms with van der Waals surface area (Å²) in [5.41, 5.74) is 1.39. The van der Waals surface area contributed by atoms with Crippen molar-refractivity contribution in [2.75, 3.05) is 43.0 Å². The Morgan fingerprint density at radius 2 is 2.07 bits per heavy atom. The lowest BCUT2D eigenvalue weighted by Gasteiger charge is -2.26. The first-order valence-electron chi connectivity index (χ1n) is 8.82. The Balaban J connectivity index is 1.68. The van der Waals surface area contributed by atoms with Crippen molar-refractivity contribution in [3.05, 3.63) is 30.0 Å². The van der Waals surface area contributed by atoms with E-state index >= 15 is 0 Å². The summed E-state index contributed by atoms with van der Waals surface area (Å²) in [5.74, 6) is 0.360. The molecule has 1 aromatic carbocycles. The molecule has 0 radical (unpaired) electrons. The number of sulfone groups is 1. The lowest BCUT2D eigenvalue weighted by molar-refractivity contribution is -0.0497. The Kier molecular flexibility index (Phi) is 6.26. The van der Waals surface area contributed by atoms with Gasteiger partial charge in [-0.2, -0.15) is 14.0 Å². The van der Waals surface area contributed by atoms with Crippen molar-refractivity contribution in [1.29, 1.82) is 5.26 Å². The van der Waals surface area contributed by atoms with E-state index < -0.39 is 16.4 Å². The van der Waals surface area contributed by atoms with Gasteiger partial charge in [-0.05, 0) is 31.2 Å². The zero-order valence-electron chi connectivity index (χ0n) is 15.1. The van der Waals surface area contributed by atoms with Crippen LogP contribution in [0.3, 0.4) is 0 Å². The second kappa shape index (κ2) is 8.67. The van der Waals surface area contributed by atoms with Gasteiger partial charge in [-0.25, -0.2) is 8.42 Å². The van der Waals surface area contributed by atoms with Crippen molar-refractivity contribution in [2.24, 2.45) is 0 Å². The Labute approximate surface area is 161 Å². The predicted octanol–water partition coefficient (Wildman–Crippen LogP) is 2.24. The van der Waals surface area contributed by atoms with Crippen molar-refractivity contribution in [3.8, 4) is 11.8 Å². The van der Waals surface area contributed by atoms with Gasteiger partial charge in [0.15, 0.2) is 9.84 Å². The number of fused-ring (bicyclic) bond motifs is 1. The van der Waals surface area contributed by atoms with Crippen LogP contribution in [0.15, 0.2) is 24.4 Å². The highest BCUT2D eigenvalue weighted by molar-refractivity contribution is 7.91. The van der Waals surface area contributed by atoms with Crippen LogP contribution in [0.2, 0.25) is 0 Å². The standard InChI is InChI=1S/C18H20F2N4O3S/c19-18(20)27-14-2-3-16-15(10-14)17(13(11-21)12-23-16)22-4-1-5-24-6-8-28(25,26)9-7-24/h2-3,10,12,18H,1,4-9H2,(H,22,23). The van der Waals surface area contributed by atoms with Crippen molar-refractivity contribution in [3.63, 3.8) is 0 Å². The van der Waals surface area contributed by atoms with Crippen LogP contribution in [0.5, 0.6) is 5.75 Å². The number of ether oxygens (including phenoxy) is 1. The number of hydrogen-bond acceptors (Lipinski definition) is 7. The minimum absolute atomic E-state index is 0.00281. The number of rotatable bonds is 7. The Hall–Kier alpha value is -2.51. The van der Waals surface area contributed by atoms with Gasteiger partial charge in [-0.1, -0.05) is 0 Å². The lowest BCUT2D eigenvalue weighted by Crippen LogP contribution is -2.41. The van der Waals surface area contributed by atoms with E-state index in [9.17, 15) is 22.5 Å². The van der Waals surface area contributed by atoms with E-state index in [1.807, 2.05) is 0 Å². The number of halogens is 2. The number of anilines is 1. The number of alkyl halides is 2. The quantitative estimate of drug-likeness (QED) is 0.700. The fourth-order valence-corrected chi connectivity index (χ4v) is 4.39. The van der Waals surface area contributed by atoms with Gasteiger partial charge in [0.25, 0.3) is 0 Å². The topological polar surface area (TPSA) is 95.3 Å². The number of aromatic nitrogens is 1. The zero-order chi connectivity index (χ0) is 20.1. The van der Waals surface area contributed by atoms with Crippen molar-refractivity contribution < 1.29 is 21.9 Å². The van der Waals surface area contributed by atoms with Crippen molar-refractivity contribution in [2.45, 2.75) is 13.0 Å². The second-order valence-electron chi connectivity index (χ2n) is 6.49. The molecule has 2 aromatic rings. The third-order valence-corrected chi connectivity index (χ3v) is 6.18. The molecule has 28 heavy (non-hydrogen) atoms. The molecule has 1 aliphatic heterocycles. The van der Waals surface area contributed by atoms with E-state index in [4.69, 9.17) is 0 Å². The highest BCUT2D eigenvalue weighted by Crippen LogP contribution is 2.29. The number of benzene rings is 1. The van der Waals surface area contributed by atoms with E-state index in [2.05, 4.69) is 26.0 Å². The summed E-state index contributed by atoms with van der Waals surface area (Å²) in [4.78, 5) is 6.27. The van der Waals surface area contributed by atoms with Crippen LogP contribution >= 0.6 is 0 Å². The van der Waals surface area contributed by atoms with Crippen LogP contribution in [-0.2, 0) is 9.84 Å². The molecule has 10 heteroatoms. The van der Waals surface area contributed by atoms with E-state index in [0.29, 0.717) is 41.8 Å². The number of nitrogens with zero attached hydrogens (tertiary/aromatic N) is 3. The number of nitrogens with one attached hydrogen (secondary N) is 1. The van der Waals surface area contributed by atoms with Crippen LogP contribution in [0.4, 0.5) is 14.5 Å².